The molecule has 0 saturated heterocycles. The van der Waals surface area contributed by atoms with E-state index in [0.29, 0.717) is 0 Å². The molecule has 0 aromatic heterocycles. The predicted molar refractivity (Wildman–Crippen MR) is 343 cm³/mol. The Balaban J connectivity index is 0.800. The van der Waals surface area contributed by atoms with Gasteiger partial charge in [0.05, 0.1) is 11.4 Å². The van der Waals surface area contributed by atoms with E-state index in [-0.39, 0.29) is 0 Å². The van der Waals surface area contributed by atoms with Crippen LogP contribution >= 0.6 is 0 Å². The van der Waals surface area contributed by atoms with Crippen LogP contribution in [-0.4, -0.2) is 0 Å². The molecule has 0 N–H and O–H groups in total. The third kappa shape index (κ3) is 8.77. The number of benzene rings is 14. The van der Waals surface area contributed by atoms with Crippen LogP contribution in [0.1, 0.15) is 11.1 Å². The van der Waals surface area contributed by atoms with E-state index in [4.69, 9.17) is 0 Å². The zero-order chi connectivity index (χ0) is 53.6. The molecule has 4 nitrogen and oxygen atoms in total. The highest BCUT2D eigenvalue weighted by atomic mass is 15.2. The average Bonchev–Trinajstić information content (AvgIpc) is 4.10. The molecule has 4 heteroatoms. The largest absolute Gasteiger partial charge is 0.310 e. The van der Waals surface area contributed by atoms with Crippen molar-refractivity contribution in [3.05, 3.63) is 327 Å². The topological polar surface area (TPSA) is 13.0 Å². The van der Waals surface area contributed by atoms with Gasteiger partial charge in [0, 0.05) is 67.6 Å². The van der Waals surface area contributed by atoms with Crippen LogP contribution in [0.5, 0.6) is 0 Å². The first kappa shape index (κ1) is 47.5. The number of nitrogens with zero attached hydrogens (tertiary/aromatic N) is 4. The van der Waals surface area contributed by atoms with Gasteiger partial charge in [0.2, 0.25) is 0 Å². The van der Waals surface area contributed by atoms with Crippen LogP contribution in [0.2, 0.25) is 0 Å². The van der Waals surface area contributed by atoms with Crippen molar-refractivity contribution < 1.29 is 0 Å². The van der Waals surface area contributed by atoms with Gasteiger partial charge in [-0.05, 0) is 194 Å². The minimum absolute atomic E-state index is 0.815. The molecule has 0 unspecified atom stereocenters. The van der Waals surface area contributed by atoms with E-state index in [1.807, 2.05) is 0 Å². The van der Waals surface area contributed by atoms with Crippen molar-refractivity contribution in [3.8, 4) is 11.1 Å². The molecule has 0 amide bonds. The normalized spacial score (nSPS) is 11.7. The third-order valence-corrected chi connectivity index (χ3v) is 16.1. The van der Waals surface area contributed by atoms with Crippen molar-refractivity contribution in [2.45, 2.75) is 6.42 Å². The summed E-state index contributed by atoms with van der Waals surface area (Å²) in [6.45, 7) is 0. The fraction of sp³-hybridized carbons (Fsp3) is 0.0130. The van der Waals surface area contributed by atoms with Crippen LogP contribution in [-0.2, 0) is 6.42 Å². The Morgan fingerprint density at radius 1 is 0.185 bits per heavy atom. The molecule has 1 aliphatic rings. The fourth-order valence-corrected chi connectivity index (χ4v) is 12.3. The molecule has 0 saturated carbocycles. The molecule has 1 aliphatic carbocycles. The van der Waals surface area contributed by atoms with Gasteiger partial charge in [-0.25, -0.2) is 0 Å². The summed E-state index contributed by atoms with van der Waals surface area (Å²) < 4.78 is 0. The lowest BCUT2D eigenvalue weighted by atomic mass is 10.0. The molecule has 0 radical (unpaired) electrons. The van der Waals surface area contributed by atoms with Crippen molar-refractivity contribution >= 4 is 111 Å². The summed E-state index contributed by atoms with van der Waals surface area (Å²) in [5.74, 6) is 0. The number of fused-ring (bicyclic) bond motifs is 7. The lowest BCUT2D eigenvalue weighted by Gasteiger charge is -2.29. The maximum atomic E-state index is 2.42. The molecule has 382 valence electrons. The molecule has 0 fully saturated rings. The maximum absolute atomic E-state index is 2.42. The van der Waals surface area contributed by atoms with Gasteiger partial charge in [0.1, 0.15) is 0 Å². The first-order valence-corrected chi connectivity index (χ1v) is 27.9. The molecule has 0 bridgehead atoms. The number of para-hydroxylation sites is 2. The molecule has 14 aromatic carbocycles. The summed E-state index contributed by atoms with van der Waals surface area (Å²) in [7, 11) is 0. The second-order valence-corrected chi connectivity index (χ2v) is 21.0. The molecular formula is C77H54N4. The lowest BCUT2D eigenvalue weighted by molar-refractivity contribution is 1.22. The van der Waals surface area contributed by atoms with Crippen LogP contribution in [0.15, 0.2) is 315 Å². The minimum atomic E-state index is 0.815. The Morgan fingerprint density at radius 3 is 0.901 bits per heavy atom. The highest BCUT2D eigenvalue weighted by Gasteiger charge is 2.25. The lowest BCUT2D eigenvalue weighted by Crippen LogP contribution is -2.12. The van der Waals surface area contributed by atoms with Gasteiger partial charge >= 0.3 is 0 Å². The van der Waals surface area contributed by atoms with E-state index in [2.05, 4.69) is 335 Å². The van der Waals surface area contributed by atoms with Crippen LogP contribution < -0.4 is 19.6 Å². The Bertz CT molecular complexity index is 4320. The standard InChI is InChI=1S/C77H54N4/c1-3-25-62(26-4-1)80(76-31-15-23-56-19-11-13-29-74(56)76)66-41-37-64(38-42-66)78(68-35-33-54-17-7-9-21-58(54)50-68)70-45-47-72-60(52-70)49-61-53-71(46-48-73(61)72)79(69-36-34-55-18-8-10-22-59(55)51-69)65-39-43-67(44-40-65)81(63-27-5-2-6-28-63)77-32-16-24-57-20-12-14-30-75(57)77/h1-48,50-53H,49H2. The molecule has 81 heavy (non-hydrogen) atoms. The number of hydrogen-bond donors (Lipinski definition) is 0. The monoisotopic (exact) mass is 1030 g/mol. The van der Waals surface area contributed by atoms with Crippen molar-refractivity contribution in [2.75, 3.05) is 19.6 Å². The van der Waals surface area contributed by atoms with E-state index in [1.54, 1.807) is 0 Å². The quantitative estimate of drug-likeness (QED) is 0.121. The average molecular weight is 1040 g/mol. The summed E-state index contributed by atoms with van der Waals surface area (Å²) in [5, 5.41) is 9.67. The minimum Gasteiger partial charge on any atom is -0.310 e. The summed E-state index contributed by atoms with van der Waals surface area (Å²) >= 11 is 0. The van der Waals surface area contributed by atoms with E-state index < -0.39 is 0 Å². The van der Waals surface area contributed by atoms with Crippen LogP contribution in [0.25, 0.3) is 54.2 Å². The van der Waals surface area contributed by atoms with Gasteiger partial charge < -0.3 is 19.6 Å². The number of rotatable bonds is 12. The number of anilines is 12. The Morgan fingerprint density at radius 2 is 0.481 bits per heavy atom. The molecule has 0 heterocycles. The molecular weight excluding hydrogens is 981 g/mol. The van der Waals surface area contributed by atoms with Crippen LogP contribution in [0, 0.1) is 0 Å². The molecule has 0 spiro atoms. The van der Waals surface area contributed by atoms with Gasteiger partial charge in [0.15, 0.2) is 0 Å². The van der Waals surface area contributed by atoms with Gasteiger partial charge in [0.25, 0.3) is 0 Å². The van der Waals surface area contributed by atoms with Crippen molar-refractivity contribution in [2.24, 2.45) is 0 Å². The van der Waals surface area contributed by atoms with Gasteiger partial charge in [-0.15, -0.1) is 0 Å². The van der Waals surface area contributed by atoms with E-state index >= 15 is 0 Å². The number of hydrogen-bond acceptors (Lipinski definition) is 4. The Kier molecular flexibility index (Phi) is 11.9. The zero-order valence-corrected chi connectivity index (χ0v) is 44.5. The molecule has 14 aromatic rings. The molecule has 15 rings (SSSR count). The predicted octanol–water partition coefficient (Wildman–Crippen LogP) is 21.7. The van der Waals surface area contributed by atoms with Crippen molar-refractivity contribution in [1.29, 1.82) is 0 Å². The summed E-state index contributed by atoms with van der Waals surface area (Å²) in [6.07, 6.45) is 0.815. The summed E-state index contributed by atoms with van der Waals surface area (Å²) in [6, 6.07) is 115. The van der Waals surface area contributed by atoms with E-state index in [9.17, 15) is 0 Å². The SMILES string of the molecule is c1ccc(N(c2ccc(N(c3ccc4c(c3)Cc3cc(N(c5ccc(N(c6ccccc6)c6cccc7ccccc67)cc5)c5ccc6ccccc6c5)ccc3-4)c3ccc4ccccc4c3)cc2)c2cccc3ccccc23)cc1. The first-order valence-electron chi connectivity index (χ1n) is 27.9. The zero-order valence-electron chi connectivity index (χ0n) is 44.5. The van der Waals surface area contributed by atoms with Gasteiger partial charge in [-0.3, -0.25) is 0 Å². The highest BCUT2D eigenvalue weighted by Crippen LogP contribution is 2.48. The van der Waals surface area contributed by atoms with Crippen LogP contribution in [0.3, 0.4) is 0 Å². The third-order valence-electron chi connectivity index (χ3n) is 16.1. The van der Waals surface area contributed by atoms with Gasteiger partial charge in [-0.1, -0.05) is 182 Å². The van der Waals surface area contributed by atoms with Crippen molar-refractivity contribution in [1.82, 2.24) is 0 Å². The smallest absolute Gasteiger partial charge is 0.0540 e. The van der Waals surface area contributed by atoms with E-state index in [0.717, 1.165) is 74.7 Å². The van der Waals surface area contributed by atoms with E-state index in [1.165, 1.54) is 65.3 Å². The summed E-state index contributed by atoms with van der Waals surface area (Å²) in [5.41, 5.74) is 18.4. The van der Waals surface area contributed by atoms with Crippen LogP contribution in [0.4, 0.5) is 68.2 Å². The maximum Gasteiger partial charge on any atom is 0.0540 e. The Hall–Kier alpha value is -10.7. The second kappa shape index (κ2) is 20.3. The van der Waals surface area contributed by atoms with Crippen molar-refractivity contribution in [3.63, 3.8) is 0 Å². The van der Waals surface area contributed by atoms with Gasteiger partial charge in [-0.2, -0.15) is 0 Å². The second-order valence-electron chi connectivity index (χ2n) is 21.0. The molecule has 0 atom stereocenters. The first-order chi connectivity index (χ1) is 40.1. The fourth-order valence-electron chi connectivity index (χ4n) is 12.3. The summed E-state index contributed by atoms with van der Waals surface area (Å²) in [4.78, 5) is 9.58. The highest BCUT2D eigenvalue weighted by molar-refractivity contribution is 6.01. The Labute approximate surface area is 472 Å². The molecule has 0 aliphatic heterocycles.